The Morgan fingerprint density at radius 2 is 1.87 bits per heavy atom. The van der Waals surface area contributed by atoms with Gasteiger partial charge in [0, 0.05) is 22.9 Å². The Hall–Kier alpha value is -3.31. The van der Waals surface area contributed by atoms with E-state index in [1.165, 1.54) is 5.56 Å². The van der Waals surface area contributed by atoms with Gasteiger partial charge in [0.05, 0.1) is 19.3 Å². The van der Waals surface area contributed by atoms with Crippen LogP contribution in [0.4, 0.5) is 5.69 Å². The van der Waals surface area contributed by atoms with Crippen molar-refractivity contribution in [2.75, 3.05) is 25.5 Å². The van der Waals surface area contributed by atoms with E-state index in [0.29, 0.717) is 18.0 Å². The monoisotopic (exact) mass is 400 g/mol. The predicted molar refractivity (Wildman–Crippen MR) is 119 cm³/mol. The highest BCUT2D eigenvalue weighted by atomic mass is 16.5. The van der Waals surface area contributed by atoms with Crippen molar-refractivity contribution in [2.45, 2.75) is 18.9 Å². The van der Waals surface area contributed by atoms with Crippen LogP contribution in [0.3, 0.4) is 0 Å². The van der Waals surface area contributed by atoms with Crippen LogP contribution < -0.4 is 10.1 Å². The minimum atomic E-state index is -0.0495. The number of rotatable bonds is 5. The minimum Gasteiger partial charge on any atom is -0.495 e. The van der Waals surface area contributed by atoms with Gasteiger partial charge in [0.1, 0.15) is 16.9 Å². The molecule has 1 N–H and O–H groups in total. The second kappa shape index (κ2) is 7.84. The lowest BCUT2D eigenvalue weighted by atomic mass is 10.0. The highest BCUT2D eigenvalue weighted by Gasteiger charge is 2.27. The molecular formula is C25H24N2O3. The van der Waals surface area contributed by atoms with Crippen molar-refractivity contribution in [3.63, 3.8) is 0 Å². The van der Waals surface area contributed by atoms with Crippen molar-refractivity contribution < 1.29 is 13.9 Å². The zero-order chi connectivity index (χ0) is 20.5. The van der Waals surface area contributed by atoms with Gasteiger partial charge in [-0.15, -0.1) is 0 Å². The molecule has 1 aromatic heterocycles. The van der Waals surface area contributed by atoms with Crippen LogP contribution in [0.2, 0.25) is 0 Å². The lowest BCUT2D eigenvalue weighted by molar-refractivity contribution is -0.117. The van der Waals surface area contributed by atoms with Crippen molar-refractivity contribution in [3.8, 4) is 5.75 Å². The maximum absolute atomic E-state index is 12.9. The smallest absolute Gasteiger partial charge is 0.238 e. The van der Waals surface area contributed by atoms with Crippen LogP contribution in [0.5, 0.6) is 5.75 Å². The van der Waals surface area contributed by atoms with Crippen molar-refractivity contribution in [1.82, 2.24) is 4.90 Å². The Bertz CT molecular complexity index is 1200. The number of anilines is 1. The molecule has 0 bridgehead atoms. The number of likely N-dealkylation sites (tertiary alicyclic amines) is 1. The van der Waals surface area contributed by atoms with Gasteiger partial charge < -0.3 is 14.5 Å². The lowest BCUT2D eigenvalue weighted by Gasteiger charge is -2.24. The van der Waals surface area contributed by atoms with E-state index in [0.717, 1.165) is 41.3 Å². The summed E-state index contributed by atoms with van der Waals surface area (Å²) >= 11 is 0. The van der Waals surface area contributed by atoms with Crippen LogP contribution >= 0.6 is 0 Å². The Balaban J connectivity index is 1.38. The van der Waals surface area contributed by atoms with Crippen LogP contribution in [0.15, 0.2) is 71.1 Å². The summed E-state index contributed by atoms with van der Waals surface area (Å²) in [4.78, 5) is 15.1. The summed E-state index contributed by atoms with van der Waals surface area (Å²) in [5.41, 5.74) is 3.45. The van der Waals surface area contributed by atoms with Gasteiger partial charge in [0.25, 0.3) is 0 Å². The third-order valence-corrected chi connectivity index (χ3v) is 5.87. The third kappa shape index (κ3) is 3.42. The van der Waals surface area contributed by atoms with E-state index in [2.05, 4.69) is 34.5 Å². The Morgan fingerprint density at radius 1 is 1.07 bits per heavy atom. The normalized spacial score (nSPS) is 16.9. The fourth-order valence-corrected chi connectivity index (χ4v) is 4.46. The molecule has 1 amide bonds. The van der Waals surface area contributed by atoms with Crippen LogP contribution in [-0.4, -0.2) is 31.0 Å². The summed E-state index contributed by atoms with van der Waals surface area (Å²) in [7, 11) is 1.62. The first-order valence-corrected chi connectivity index (χ1v) is 10.3. The minimum absolute atomic E-state index is 0.0495. The summed E-state index contributed by atoms with van der Waals surface area (Å²) in [6.45, 7) is 1.27. The van der Waals surface area contributed by atoms with Gasteiger partial charge in [-0.1, -0.05) is 48.5 Å². The zero-order valence-electron chi connectivity index (χ0n) is 16.9. The Labute approximate surface area is 175 Å². The number of hydrogen-bond donors (Lipinski definition) is 1. The molecule has 1 atom stereocenters. The molecule has 2 heterocycles. The number of amides is 1. The molecule has 0 aliphatic carbocycles. The van der Waals surface area contributed by atoms with E-state index in [4.69, 9.17) is 9.15 Å². The number of carbonyl (C=O) groups excluding carboxylic acids is 1. The summed E-state index contributed by atoms with van der Waals surface area (Å²) in [5, 5.41) is 5.04. The number of fused-ring (bicyclic) bond motifs is 3. The van der Waals surface area contributed by atoms with E-state index in [9.17, 15) is 4.79 Å². The van der Waals surface area contributed by atoms with Gasteiger partial charge in [-0.3, -0.25) is 9.69 Å². The van der Waals surface area contributed by atoms with Gasteiger partial charge in [-0.25, -0.2) is 0 Å². The first-order valence-electron chi connectivity index (χ1n) is 10.3. The summed E-state index contributed by atoms with van der Waals surface area (Å²) in [5.74, 6) is 0.579. The molecule has 3 aromatic carbocycles. The number of furan rings is 1. The topological polar surface area (TPSA) is 54.7 Å². The zero-order valence-corrected chi connectivity index (χ0v) is 16.9. The molecule has 5 nitrogen and oxygen atoms in total. The molecular weight excluding hydrogens is 376 g/mol. The molecule has 4 aromatic rings. The maximum Gasteiger partial charge on any atom is 0.238 e. The SMILES string of the molecule is COc1cc2c(cc1NC(=O)CN1CCC[C@H]1c1ccccc1)oc1ccccc12. The maximum atomic E-state index is 12.9. The lowest BCUT2D eigenvalue weighted by Crippen LogP contribution is -2.33. The first kappa shape index (κ1) is 18.7. The van der Waals surface area contributed by atoms with Crippen molar-refractivity contribution in [2.24, 2.45) is 0 Å². The van der Waals surface area contributed by atoms with E-state index in [1.807, 2.05) is 42.5 Å². The molecule has 1 aliphatic heterocycles. The van der Waals surface area contributed by atoms with Crippen LogP contribution in [0, 0.1) is 0 Å². The standard InChI is InChI=1S/C25H24N2O3/c1-29-24-14-19-18-10-5-6-12-22(18)30-23(19)15-20(24)26-25(28)16-27-13-7-11-21(27)17-8-3-2-4-9-17/h2-6,8-10,12,14-15,21H,7,11,13,16H2,1H3,(H,26,28)/t21-/m0/s1. The molecule has 0 radical (unpaired) electrons. The van der Waals surface area contributed by atoms with Gasteiger partial charge in [0.2, 0.25) is 5.91 Å². The quantitative estimate of drug-likeness (QED) is 0.489. The second-order valence-corrected chi connectivity index (χ2v) is 7.73. The second-order valence-electron chi connectivity index (χ2n) is 7.73. The van der Waals surface area contributed by atoms with Gasteiger partial charge >= 0.3 is 0 Å². The van der Waals surface area contributed by atoms with E-state index < -0.39 is 0 Å². The largest absolute Gasteiger partial charge is 0.495 e. The number of carbonyl (C=O) groups is 1. The Morgan fingerprint density at radius 3 is 2.70 bits per heavy atom. The molecule has 5 heteroatoms. The van der Waals surface area contributed by atoms with E-state index in [-0.39, 0.29) is 11.9 Å². The van der Waals surface area contributed by atoms with Crippen LogP contribution in [-0.2, 0) is 4.79 Å². The summed E-state index contributed by atoms with van der Waals surface area (Å²) < 4.78 is 11.5. The molecule has 0 spiro atoms. The molecule has 1 aliphatic rings. The Kier molecular flexibility index (Phi) is 4.89. The van der Waals surface area contributed by atoms with Gasteiger partial charge in [0.15, 0.2) is 0 Å². The number of ether oxygens (including phenoxy) is 1. The molecule has 152 valence electrons. The first-order chi connectivity index (χ1) is 14.7. The fourth-order valence-electron chi connectivity index (χ4n) is 4.46. The summed E-state index contributed by atoms with van der Waals surface area (Å²) in [6.07, 6.45) is 2.17. The van der Waals surface area contributed by atoms with Gasteiger partial charge in [-0.05, 0) is 37.1 Å². The summed E-state index contributed by atoms with van der Waals surface area (Å²) in [6, 6.07) is 22.4. The highest BCUT2D eigenvalue weighted by molar-refractivity contribution is 6.07. The number of benzene rings is 3. The molecule has 0 unspecified atom stereocenters. The number of para-hydroxylation sites is 1. The van der Waals surface area contributed by atoms with Crippen LogP contribution in [0.25, 0.3) is 21.9 Å². The average molecular weight is 400 g/mol. The molecule has 0 saturated carbocycles. The number of nitrogens with one attached hydrogen (secondary N) is 1. The van der Waals surface area contributed by atoms with Crippen molar-refractivity contribution >= 4 is 33.5 Å². The molecule has 5 rings (SSSR count). The molecule has 30 heavy (non-hydrogen) atoms. The van der Waals surface area contributed by atoms with E-state index in [1.54, 1.807) is 7.11 Å². The fraction of sp³-hybridized carbons (Fsp3) is 0.240. The van der Waals surface area contributed by atoms with E-state index >= 15 is 0 Å². The molecule has 1 saturated heterocycles. The van der Waals surface area contributed by atoms with Gasteiger partial charge in [-0.2, -0.15) is 0 Å². The highest BCUT2D eigenvalue weighted by Crippen LogP contribution is 2.36. The van der Waals surface area contributed by atoms with Crippen LogP contribution in [0.1, 0.15) is 24.4 Å². The predicted octanol–water partition coefficient (Wildman–Crippen LogP) is 5.37. The number of hydrogen-bond acceptors (Lipinski definition) is 4. The van der Waals surface area contributed by atoms with Crippen molar-refractivity contribution in [3.05, 3.63) is 72.3 Å². The number of methoxy groups -OCH3 is 1. The average Bonchev–Trinajstić information content (AvgIpc) is 3.37. The number of nitrogens with zero attached hydrogens (tertiary/aromatic N) is 1. The molecule has 1 fully saturated rings. The van der Waals surface area contributed by atoms with Crippen molar-refractivity contribution in [1.29, 1.82) is 0 Å². The third-order valence-electron chi connectivity index (χ3n) is 5.87.